The second kappa shape index (κ2) is 11.8. The minimum absolute atomic E-state index is 0.0257. The average molecular weight is 695 g/mol. The van der Waals surface area contributed by atoms with Gasteiger partial charge in [-0.15, -0.1) is 0 Å². The van der Waals surface area contributed by atoms with E-state index in [9.17, 15) is 22.8 Å². The van der Waals surface area contributed by atoms with Crippen LogP contribution in [0.15, 0.2) is 108 Å². The topological polar surface area (TPSA) is 110 Å². The van der Waals surface area contributed by atoms with Crippen LogP contribution in [-0.2, 0) is 19.7 Å². The standard InChI is InChI=1S/C31H23IN2O7S/c1-20-13-15-24(16-14-20)42(38,39)41-28-26(32)18-21(19-27(28)40-2)17-25-29(35)33(22-9-5-3-6-10-22)31(37)34(30(25)36)23-11-7-4-8-12-23/h3-19H,1-2H3. The van der Waals surface area contributed by atoms with E-state index in [4.69, 9.17) is 8.92 Å². The molecule has 1 aliphatic heterocycles. The summed E-state index contributed by atoms with van der Waals surface area (Å²) in [4.78, 5) is 42.7. The van der Waals surface area contributed by atoms with Crippen molar-refractivity contribution in [2.75, 3.05) is 16.9 Å². The molecule has 4 aromatic rings. The number of nitrogens with zero attached hydrogens (tertiary/aromatic N) is 2. The lowest BCUT2D eigenvalue weighted by Crippen LogP contribution is -2.57. The third kappa shape index (κ3) is 5.65. The van der Waals surface area contributed by atoms with Crippen LogP contribution in [0, 0.1) is 10.5 Å². The van der Waals surface area contributed by atoms with Crippen molar-refractivity contribution >= 4 is 68.0 Å². The number of ether oxygens (including phenoxy) is 1. The van der Waals surface area contributed by atoms with Crippen LogP contribution in [0.25, 0.3) is 6.08 Å². The molecule has 0 radical (unpaired) electrons. The van der Waals surface area contributed by atoms with E-state index in [0.29, 0.717) is 20.5 Å². The lowest BCUT2D eigenvalue weighted by atomic mass is 10.0. The number of carbonyl (C=O) groups is 3. The number of imide groups is 2. The van der Waals surface area contributed by atoms with Gasteiger partial charge in [-0.2, -0.15) is 8.42 Å². The Morgan fingerprint density at radius 3 is 1.79 bits per heavy atom. The zero-order valence-electron chi connectivity index (χ0n) is 22.4. The third-order valence-corrected chi connectivity index (χ3v) is 8.38. The highest BCUT2D eigenvalue weighted by Gasteiger charge is 2.43. The highest BCUT2D eigenvalue weighted by Crippen LogP contribution is 2.37. The van der Waals surface area contributed by atoms with Gasteiger partial charge < -0.3 is 8.92 Å². The molecule has 5 rings (SSSR count). The number of rotatable bonds is 7. The zero-order valence-corrected chi connectivity index (χ0v) is 25.3. The summed E-state index contributed by atoms with van der Waals surface area (Å²) in [6.07, 6.45) is 1.34. The number of halogens is 1. The minimum Gasteiger partial charge on any atom is -0.493 e. The second-order valence-corrected chi connectivity index (χ2v) is 11.9. The van der Waals surface area contributed by atoms with E-state index in [1.54, 1.807) is 78.9 Å². The Bertz CT molecular complexity index is 1760. The highest BCUT2D eigenvalue weighted by molar-refractivity contribution is 14.1. The van der Waals surface area contributed by atoms with E-state index in [1.807, 2.05) is 29.5 Å². The van der Waals surface area contributed by atoms with Gasteiger partial charge in [-0.25, -0.2) is 14.6 Å². The molecule has 1 heterocycles. The first-order chi connectivity index (χ1) is 20.1. The molecule has 4 amide bonds. The maximum absolute atomic E-state index is 13.7. The van der Waals surface area contributed by atoms with Crippen molar-refractivity contribution in [2.45, 2.75) is 11.8 Å². The van der Waals surface area contributed by atoms with E-state index < -0.39 is 28.0 Å². The number of hydrogen-bond acceptors (Lipinski definition) is 7. The largest absolute Gasteiger partial charge is 0.493 e. The lowest BCUT2D eigenvalue weighted by molar-refractivity contribution is -0.121. The molecule has 4 aromatic carbocycles. The highest BCUT2D eigenvalue weighted by atomic mass is 127. The Morgan fingerprint density at radius 1 is 0.762 bits per heavy atom. The average Bonchev–Trinajstić information content (AvgIpc) is 2.98. The molecule has 1 aliphatic rings. The van der Waals surface area contributed by atoms with Crippen LogP contribution in [0.5, 0.6) is 11.5 Å². The Labute approximate surface area is 256 Å². The van der Waals surface area contributed by atoms with Crippen molar-refractivity contribution in [3.05, 3.63) is 117 Å². The Hall–Kier alpha value is -4.49. The maximum Gasteiger partial charge on any atom is 0.343 e. The summed E-state index contributed by atoms with van der Waals surface area (Å²) in [7, 11) is -2.84. The Kier molecular flexibility index (Phi) is 8.14. The molecule has 1 fully saturated rings. The number of barbiturate groups is 1. The molecule has 0 bridgehead atoms. The fourth-order valence-electron chi connectivity index (χ4n) is 4.27. The van der Waals surface area contributed by atoms with Gasteiger partial charge in [0.2, 0.25) is 0 Å². The van der Waals surface area contributed by atoms with Crippen LogP contribution in [0.3, 0.4) is 0 Å². The first-order valence-corrected chi connectivity index (χ1v) is 15.0. The first kappa shape index (κ1) is 29.0. The monoisotopic (exact) mass is 694 g/mol. The van der Waals surface area contributed by atoms with Gasteiger partial charge in [0.05, 0.1) is 22.1 Å². The van der Waals surface area contributed by atoms with Gasteiger partial charge in [0.25, 0.3) is 11.8 Å². The van der Waals surface area contributed by atoms with E-state index in [1.165, 1.54) is 31.4 Å². The van der Waals surface area contributed by atoms with Crippen LogP contribution in [-0.4, -0.2) is 33.4 Å². The van der Waals surface area contributed by atoms with Gasteiger partial charge in [-0.1, -0.05) is 54.1 Å². The second-order valence-electron chi connectivity index (χ2n) is 9.18. The quantitative estimate of drug-likeness (QED) is 0.102. The van der Waals surface area contributed by atoms with Crippen molar-refractivity contribution in [1.82, 2.24) is 0 Å². The van der Waals surface area contributed by atoms with Crippen LogP contribution in [0.1, 0.15) is 11.1 Å². The van der Waals surface area contributed by atoms with Crippen LogP contribution in [0.2, 0.25) is 0 Å². The van der Waals surface area contributed by atoms with Crippen molar-refractivity contribution in [3.8, 4) is 11.5 Å². The Morgan fingerprint density at radius 2 is 1.29 bits per heavy atom. The van der Waals surface area contributed by atoms with Crippen LogP contribution < -0.4 is 18.7 Å². The van der Waals surface area contributed by atoms with Gasteiger partial charge in [0.1, 0.15) is 10.5 Å². The lowest BCUT2D eigenvalue weighted by Gasteiger charge is -2.34. The van der Waals surface area contributed by atoms with Crippen molar-refractivity contribution in [3.63, 3.8) is 0 Å². The van der Waals surface area contributed by atoms with Gasteiger partial charge in [-0.3, -0.25) is 9.59 Å². The molecule has 42 heavy (non-hydrogen) atoms. The van der Waals surface area contributed by atoms with E-state index in [2.05, 4.69) is 0 Å². The van der Waals surface area contributed by atoms with Crippen molar-refractivity contribution in [2.24, 2.45) is 0 Å². The van der Waals surface area contributed by atoms with Crippen molar-refractivity contribution in [1.29, 1.82) is 0 Å². The number of carbonyl (C=O) groups excluding carboxylic acids is 3. The molecule has 0 saturated carbocycles. The van der Waals surface area contributed by atoms with Gasteiger partial charge in [0, 0.05) is 0 Å². The number of anilines is 2. The fourth-order valence-corrected chi connectivity index (χ4v) is 6.11. The molecule has 0 spiro atoms. The normalized spacial score (nSPS) is 13.8. The number of benzene rings is 4. The predicted octanol–water partition coefficient (Wildman–Crippen LogP) is 5.96. The Balaban J connectivity index is 1.58. The summed E-state index contributed by atoms with van der Waals surface area (Å²) in [5, 5.41) is 0. The molecule has 0 atom stereocenters. The minimum atomic E-state index is -4.18. The van der Waals surface area contributed by atoms with Gasteiger partial charge in [0.15, 0.2) is 11.5 Å². The zero-order chi connectivity index (χ0) is 30.0. The van der Waals surface area contributed by atoms with Gasteiger partial charge in [-0.05, 0) is 89.7 Å². The molecule has 0 aliphatic carbocycles. The molecule has 9 nitrogen and oxygen atoms in total. The van der Waals surface area contributed by atoms with Gasteiger partial charge >= 0.3 is 16.1 Å². The number of methoxy groups -OCH3 is 1. The number of hydrogen-bond donors (Lipinski definition) is 0. The number of aryl methyl sites for hydroxylation is 1. The third-order valence-electron chi connectivity index (χ3n) is 6.34. The molecule has 0 N–H and O–H groups in total. The summed E-state index contributed by atoms with van der Waals surface area (Å²) in [6, 6.07) is 25.0. The van der Waals surface area contributed by atoms with E-state index >= 15 is 0 Å². The SMILES string of the molecule is COc1cc(C=C2C(=O)N(c3ccccc3)C(=O)N(c3ccccc3)C2=O)cc(I)c1OS(=O)(=O)c1ccc(C)cc1. The number of urea groups is 1. The number of amides is 4. The molecule has 1 saturated heterocycles. The summed E-state index contributed by atoms with van der Waals surface area (Å²) in [5.74, 6) is -1.59. The fraction of sp³-hybridized carbons (Fsp3) is 0.0645. The molecule has 0 aromatic heterocycles. The molecular weight excluding hydrogens is 671 g/mol. The number of para-hydroxylation sites is 2. The summed E-state index contributed by atoms with van der Waals surface area (Å²) in [5.41, 5.74) is 1.56. The van der Waals surface area contributed by atoms with Crippen LogP contribution in [0.4, 0.5) is 16.2 Å². The molecule has 11 heteroatoms. The summed E-state index contributed by atoms with van der Waals surface area (Å²) in [6.45, 7) is 1.84. The smallest absolute Gasteiger partial charge is 0.343 e. The first-order valence-electron chi connectivity index (χ1n) is 12.5. The van der Waals surface area contributed by atoms with E-state index in [-0.39, 0.29) is 22.0 Å². The predicted molar refractivity (Wildman–Crippen MR) is 166 cm³/mol. The molecule has 212 valence electrons. The molecular formula is C31H23IN2O7S. The molecule has 0 unspecified atom stereocenters. The summed E-state index contributed by atoms with van der Waals surface area (Å²) < 4.78 is 37.2. The summed E-state index contributed by atoms with van der Waals surface area (Å²) >= 11 is 1.89. The van der Waals surface area contributed by atoms with E-state index in [0.717, 1.165) is 15.4 Å². The van der Waals surface area contributed by atoms with Crippen LogP contribution >= 0.6 is 22.6 Å². The van der Waals surface area contributed by atoms with Crippen molar-refractivity contribution < 1.29 is 31.7 Å². The maximum atomic E-state index is 13.7.